The molecule has 4 rings (SSSR count). The average Bonchev–Trinajstić information content (AvgIpc) is 3.27. The van der Waals surface area contributed by atoms with Crippen LogP contribution in [0.3, 0.4) is 0 Å². The van der Waals surface area contributed by atoms with Gasteiger partial charge in [-0.3, -0.25) is 4.79 Å². The van der Waals surface area contributed by atoms with E-state index < -0.39 is 0 Å². The van der Waals surface area contributed by atoms with Crippen LogP contribution in [0.25, 0.3) is 11.4 Å². The van der Waals surface area contributed by atoms with E-state index in [1.54, 1.807) is 7.11 Å². The van der Waals surface area contributed by atoms with Gasteiger partial charge in [-0.15, -0.1) is 10.2 Å². The first-order valence-corrected chi connectivity index (χ1v) is 11.2. The highest BCUT2D eigenvalue weighted by Gasteiger charge is 2.25. The third kappa shape index (κ3) is 4.67. The number of aromatic nitrogens is 3. The normalized spacial score (nSPS) is 14.8. The smallest absolute Gasteiger partial charge is 0.253 e. The number of nitrogens with one attached hydrogen (secondary N) is 1. The molecule has 2 aromatic carbocycles. The molecule has 0 aliphatic carbocycles. The molecule has 1 aliphatic heterocycles. The number of anilines is 1. The molecule has 0 unspecified atom stereocenters. The van der Waals surface area contributed by atoms with Crippen molar-refractivity contribution < 1.29 is 9.53 Å². The van der Waals surface area contributed by atoms with E-state index in [4.69, 9.17) is 10.5 Å². The van der Waals surface area contributed by atoms with Crippen LogP contribution in [0.2, 0.25) is 0 Å². The number of H-pyrrole nitrogens is 1. The fraction of sp³-hybridized carbons (Fsp3) is 0.400. The number of rotatable bonds is 6. The van der Waals surface area contributed by atoms with E-state index in [2.05, 4.69) is 41.2 Å². The van der Waals surface area contributed by atoms with Crippen molar-refractivity contribution in [2.45, 2.75) is 45.1 Å². The van der Waals surface area contributed by atoms with E-state index in [9.17, 15) is 4.79 Å². The predicted octanol–water partition coefficient (Wildman–Crippen LogP) is 4.34. The summed E-state index contributed by atoms with van der Waals surface area (Å²) < 4.78 is 5.14. The Morgan fingerprint density at radius 2 is 1.88 bits per heavy atom. The first-order chi connectivity index (χ1) is 15.5. The number of benzene rings is 2. The van der Waals surface area contributed by atoms with Gasteiger partial charge in [-0.2, -0.15) is 0 Å². The quantitative estimate of drug-likeness (QED) is 0.564. The summed E-state index contributed by atoms with van der Waals surface area (Å²) in [5, 5.41) is 8.45. The zero-order valence-electron chi connectivity index (χ0n) is 19.0. The van der Waals surface area contributed by atoms with Gasteiger partial charge in [-0.05, 0) is 60.1 Å². The predicted molar refractivity (Wildman–Crippen MR) is 125 cm³/mol. The molecule has 0 radical (unpaired) electrons. The zero-order valence-corrected chi connectivity index (χ0v) is 19.0. The second-order valence-electron chi connectivity index (χ2n) is 8.74. The number of ether oxygens (including phenoxy) is 1. The van der Waals surface area contributed by atoms with Crippen molar-refractivity contribution in [2.24, 2.45) is 0 Å². The van der Waals surface area contributed by atoms with Crippen LogP contribution in [0.5, 0.6) is 0 Å². The number of aromatic amines is 1. The molecule has 0 spiro atoms. The minimum absolute atomic E-state index is 0.0638. The summed E-state index contributed by atoms with van der Waals surface area (Å²) in [6.45, 7) is 6.12. The van der Waals surface area contributed by atoms with Crippen molar-refractivity contribution in [1.82, 2.24) is 20.1 Å². The van der Waals surface area contributed by atoms with Gasteiger partial charge in [0.15, 0.2) is 11.6 Å². The number of hydrogen-bond acceptors (Lipinski definition) is 5. The van der Waals surface area contributed by atoms with Crippen molar-refractivity contribution >= 4 is 11.6 Å². The van der Waals surface area contributed by atoms with Crippen LogP contribution in [0, 0.1) is 0 Å². The third-order valence-corrected chi connectivity index (χ3v) is 6.18. The molecule has 1 fully saturated rings. The number of likely N-dealkylation sites (tertiary alicyclic amines) is 1. The zero-order chi connectivity index (χ0) is 22.7. The van der Waals surface area contributed by atoms with E-state index in [1.165, 1.54) is 5.56 Å². The van der Waals surface area contributed by atoms with Crippen LogP contribution < -0.4 is 5.73 Å². The Labute approximate surface area is 189 Å². The van der Waals surface area contributed by atoms with Gasteiger partial charge in [0.1, 0.15) is 6.61 Å². The minimum atomic E-state index is 0.0638. The molecule has 0 atom stereocenters. The van der Waals surface area contributed by atoms with E-state index in [0.29, 0.717) is 35.7 Å². The minimum Gasteiger partial charge on any atom is -0.399 e. The summed E-state index contributed by atoms with van der Waals surface area (Å²) in [5.74, 6) is 2.15. The van der Waals surface area contributed by atoms with Gasteiger partial charge < -0.3 is 20.4 Å². The number of carbonyl (C=O) groups excluding carboxylic acids is 1. The molecule has 7 heteroatoms. The maximum absolute atomic E-state index is 13.3. The fourth-order valence-corrected chi connectivity index (χ4v) is 4.38. The molecule has 1 amide bonds. The monoisotopic (exact) mass is 433 g/mol. The lowest BCUT2D eigenvalue weighted by atomic mass is 9.89. The third-order valence-electron chi connectivity index (χ3n) is 6.18. The molecular weight excluding hydrogens is 402 g/mol. The lowest BCUT2D eigenvalue weighted by Gasteiger charge is -2.32. The maximum atomic E-state index is 13.3. The number of carbonyl (C=O) groups is 1. The number of piperidine rings is 1. The second kappa shape index (κ2) is 9.53. The van der Waals surface area contributed by atoms with Gasteiger partial charge >= 0.3 is 0 Å². The summed E-state index contributed by atoms with van der Waals surface area (Å²) >= 11 is 0. The first-order valence-electron chi connectivity index (χ1n) is 11.2. The molecule has 32 heavy (non-hydrogen) atoms. The lowest BCUT2D eigenvalue weighted by Crippen LogP contribution is -2.38. The molecule has 1 aromatic heterocycles. The summed E-state index contributed by atoms with van der Waals surface area (Å²) in [5.41, 5.74) is 10.6. The van der Waals surface area contributed by atoms with E-state index in [0.717, 1.165) is 42.7 Å². The number of nitrogens with two attached hydrogens (primary N) is 1. The van der Waals surface area contributed by atoms with Crippen LogP contribution in [0.15, 0.2) is 42.5 Å². The highest BCUT2D eigenvalue weighted by Crippen LogP contribution is 2.31. The Kier molecular flexibility index (Phi) is 6.55. The van der Waals surface area contributed by atoms with Crippen molar-refractivity contribution in [3.63, 3.8) is 0 Å². The SMILES string of the molecule is COCc1nnc(-c2cc(C(=O)N3CCC(c4ccc(N)cc4)CC3)ccc2C(C)C)[nH]1. The first kappa shape index (κ1) is 22.0. The number of methoxy groups -OCH3 is 1. The second-order valence-corrected chi connectivity index (χ2v) is 8.74. The van der Waals surface area contributed by atoms with Crippen LogP contribution in [0.4, 0.5) is 5.69 Å². The molecule has 0 saturated carbocycles. The van der Waals surface area contributed by atoms with Crippen LogP contribution in [0.1, 0.15) is 65.8 Å². The summed E-state index contributed by atoms with van der Waals surface area (Å²) in [6.07, 6.45) is 1.91. The summed E-state index contributed by atoms with van der Waals surface area (Å²) in [6, 6.07) is 14.0. The highest BCUT2D eigenvalue weighted by atomic mass is 16.5. The molecule has 1 saturated heterocycles. The molecular formula is C25H31N5O2. The summed E-state index contributed by atoms with van der Waals surface area (Å²) in [4.78, 5) is 18.5. The lowest BCUT2D eigenvalue weighted by molar-refractivity contribution is 0.0713. The molecule has 2 heterocycles. The van der Waals surface area contributed by atoms with Gasteiger partial charge in [-0.1, -0.05) is 32.0 Å². The Hall–Kier alpha value is -3.19. The van der Waals surface area contributed by atoms with Crippen molar-refractivity contribution in [1.29, 1.82) is 0 Å². The highest BCUT2D eigenvalue weighted by molar-refractivity contribution is 5.95. The molecule has 168 valence electrons. The van der Waals surface area contributed by atoms with Crippen LogP contribution in [-0.4, -0.2) is 46.2 Å². The van der Waals surface area contributed by atoms with E-state index in [-0.39, 0.29) is 5.91 Å². The van der Waals surface area contributed by atoms with Gasteiger partial charge in [0.2, 0.25) is 0 Å². The molecule has 1 aliphatic rings. The van der Waals surface area contributed by atoms with Gasteiger partial charge in [0.25, 0.3) is 5.91 Å². The average molecular weight is 434 g/mol. The van der Waals surface area contributed by atoms with E-state index >= 15 is 0 Å². The topological polar surface area (TPSA) is 97.1 Å². The largest absolute Gasteiger partial charge is 0.399 e. The fourth-order valence-electron chi connectivity index (χ4n) is 4.38. The van der Waals surface area contributed by atoms with Crippen molar-refractivity contribution in [2.75, 3.05) is 25.9 Å². The maximum Gasteiger partial charge on any atom is 0.253 e. The molecule has 3 aromatic rings. The molecule has 3 N–H and O–H groups in total. The number of hydrogen-bond donors (Lipinski definition) is 2. The Morgan fingerprint density at radius 3 is 2.53 bits per heavy atom. The van der Waals surface area contributed by atoms with Crippen molar-refractivity contribution in [3.8, 4) is 11.4 Å². The Balaban J connectivity index is 1.51. The van der Waals surface area contributed by atoms with Crippen molar-refractivity contribution in [3.05, 3.63) is 65.0 Å². The number of nitrogen functional groups attached to an aromatic ring is 1. The Bertz CT molecular complexity index is 1070. The van der Waals surface area contributed by atoms with E-state index in [1.807, 2.05) is 35.2 Å². The van der Waals surface area contributed by atoms with Gasteiger partial charge in [-0.25, -0.2) is 0 Å². The molecule has 0 bridgehead atoms. The van der Waals surface area contributed by atoms with Crippen LogP contribution >= 0.6 is 0 Å². The number of amides is 1. The summed E-state index contributed by atoms with van der Waals surface area (Å²) in [7, 11) is 1.62. The standard InChI is InChI=1S/C25H31N5O2/c1-16(2)21-9-6-19(14-22(21)24-27-23(15-32-3)28-29-24)25(31)30-12-10-18(11-13-30)17-4-7-20(26)8-5-17/h4-9,14,16,18H,10-13,15,26H2,1-3H3,(H,27,28,29). The Morgan fingerprint density at radius 1 is 1.16 bits per heavy atom. The number of nitrogens with zero attached hydrogens (tertiary/aromatic N) is 3. The molecule has 7 nitrogen and oxygen atoms in total. The van der Waals surface area contributed by atoms with Crippen LogP contribution in [-0.2, 0) is 11.3 Å². The van der Waals surface area contributed by atoms with Gasteiger partial charge in [0, 0.05) is 37.0 Å². The van der Waals surface area contributed by atoms with Gasteiger partial charge in [0.05, 0.1) is 0 Å².